The van der Waals surface area contributed by atoms with Gasteiger partial charge in [-0.05, 0) is 50.9 Å². The minimum Gasteiger partial charge on any atom is -0.484 e. The number of rotatable bonds is 6. The van der Waals surface area contributed by atoms with Gasteiger partial charge in [0, 0.05) is 38.1 Å². The number of nitrogens with zero attached hydrogens (tertiary/aromatic N) is 4. The smallest absolute Gasteiger partial charge is 0.260 e. The molecular formula is C23H32N4O2S. The molecule has 0 saturated carbocycles. The summed E-state index contributed by atoms with van der Waals surface area (Å²) < 4.78 is 5.65. The van der Waals surface area contributed by atoms with Crippen molar-refractivity contribution in [2.24, 2.45) is 5.92 Å². The summed E-state index contributed by atoms with van der Waals surface area (Å²) >= 11 is 1.72. The number of anilines is 1. The van der Waals surface area contributed by atoms with Gasteiger partial charge >= 0.3 is 0 Å². The highest BCUT2D eigenvalue weighted by Crippen LogP contribution is 2.24. The predicted octanol–water partition coefficient (Wildman–Crippen LogP) is 3.41. The van der Waals surface area contributed by atoms with Gasteiger partial charge in [-0.1, -0.05) is 24.6 Å². The molecule has 2 fully saturated rings. The van der Waals surface area contributed by atoms with Crippen LogP contribution < -0.4 is 9.64 Å². The van der Waals surface area contributed by atoms with Gasteiger partial charge in [0.15, 0.2) is 11.7 Å². The molecule has 1 amide bonds. The van der Waals surface area contributed by atoms with Gasteiger partial charge in [-0.2, -0.15) is 0 Å². The largest absolute Gasteiger partial charge is 0.484 e. The second-order valence-corrected chi connectivity index (χ2v) is 9.39. The molecule has 0 N–H and O–H groups in total. The van der Waals surface area contributed by atoms with Gasteiger partial charge < -0.3 is 14.5 Å². The summed E-state index contributed by atoms with van der Waals surface area (Å²) in [4.78, 5) is 24.1. The molecule has 0 aliphatic carbocycles. The summed E-state index contributed by atoms with van der Waals surface area (Å²) in [5.41, 5.74) is 2.36. The van der Waals surface area contributed by atoms with Crippen LogP contribution in [0.3, 0.4) is 0 Å². The molecule has 0 unspecified atom stereocenters. The minimum atomic E-state index is 0.0504. The molecule has 3 heterocycles. The zero-order valence-corrected chi connectivity index (χ0v) is 18.9. The fourth-order valence-corrected chi connectivity index (χ4v) is 4.85. The number of amides is 1. The van der Waals surface area contributed by atoms with Crippen molar-refractivity contribution < 1.29 is 9.53 Å². The van der Waals surface area contributed by atoms with Crippen LogP contribution in [0.2, 0.25) is 0 Å². The van der Waals surface area contributed by atoms with E-state index in [0.717, 1.165) is 49.5 Å². The first-order valence-corrected chi connectivity index (χ1v) is 11.8. The second-order valence-electron chi connectivity index (χ2n) is 8.55. The zero-order chi connectivity index (χ0) is 20.9. The van der Waals surface area contributed by atoms with Crippen molar-refractivity contribution in [2.75, 3.05) is 50.8 Å². The SMILES string of the molecule is Cc1ccc(OCC(=O)N2CCN(c3nc(CN4CCC(C)CC4)cs3)CC2)cc1. The molecule has 0 radical (unpaired) electrons. The highest BCUT2D eigenvalue weighted by Gasteiger charge is 2.24. The summed E-state index contributed by atoms with van der Waals surface area (Å²) in [6.45, 7) is 10.9. The number of carbonyl (C=O) groups is 1. The molecule has 2 aromatic rings. The lowest BCUT2D eigenvalue weighted by Crippen LogP contribution is -2.50. The zero-order valence-electron chi connectivity index (χ0n) is 18.0. The predicted molar refractivity (Wildman–Crippen MR) is 121 cm³/mol. The van der Waals surface area contributed by atoms with Crippen LogP contribution in [0.5, 0.6) is 5.75 Å². The fourth-order valence-electron chi connectivity index (χ4n) is 3.98. The van der Waals surface area contributed by atoms with E-state index < -0.39 is 0 Å². The molecule has 4 rings (SSSR count). The Morgan fingerprint density at radius 2 is 1.80 bits per heavy atom. The van der Waals surface area contributed by atoms with Gasteiger partial charge in [0.2, 0.25) is 0 Å². The van der Waals surface area contributed by atoms with Crippen LogP contribution >= 0.6 is 11.3 Å². The van der Waals surface area contributed by atoms with Crippen molar-refractivity contribution in [3.05, 3.63) is 40.9 Å². The number of thiazole rings is 1. The molecule has 30 heavy (non-hydrogen) atoms. The van der Waals surface area contributed by atoms with Crippen LogP contribution in [0.1, 0.15) is 31.0 Å². The van der Waals surface area contributed by atoms with Crippen molar-refractivity contribution in [3.8, 4) is 5.75 Å². The molecule has 2 aliphatic heterocycles. The Hall–Kier alpha value is -2.12. The van der Waals surface area contributed by atoms with E-state index in [1.54, 1.807) is 11.3 Å². The number of piperidine rings is 1. The molecule has 0 atom stereocenters. The maximum Gasteiger partial charge on any atom is 0.260 e. The van der Waals surface area contributed by atoms with Crippen molar-refractivity contribution in [3.63, 3.8) is 0 Å². The van der Waals surface area contributed by atoms with Crippen LogP contribution in [0.25, 0.3) is 0 Å². The van der Waals surface area contributed by atoms with Crippen molar-refractivity contribution in [2.45, 2.75) is 33.2 Å². The van der Waals surface area contributed by atoms with E-state index in [4.69, 9.17) is 9.72 Å². The summed E-state index contributed by atoms with van der Waals surface area (Å²) in [7, 11) is 0. The number of carbonyl (C=O) groups excluding carboxylic acids is 1. The number of aromatic nitrogens is 1. The Balaban J connectivity index is 1.22. The van der Waals surface area contributed by atoms with Crippen molar-refractivity contribution >= 4 is 22.4 Å². The molecule has 0 bridgehead atoms. The van der Waals surface area contributed by atoms with Crippen LogP contribution in [0.4, 0.5) is 5.13 Å². The molecule has 6 nitrogen and oxygen atoms in total. The van der Waals surface area contributed by atoms with Crippen LogP contribution in [0, 0.1) is 12.8 Å². The van der Waals surface area contributed by atoms with E-state index in [9.17, 15) is 4.79 Å². The lowest BCUT2D eigenvalue weighted by atomic mass is 9.99. The third-order valence-corrected chi connectivity index (χ3v) is 7.04. The van der Waals surface area contributed by atoms with Gasteiger partial charge in [0.25, 0.3) is 5.91 Å². The lowest BCUT2D eigenvalue weighted by molar-refractivity contribution is -0.133. The number of ether oxygens (including phenoxy) is 1. The van der Waals surface area contributed by atoms with E-state index in [1.165, 1.54) is 37.2 Å². The minimum absolute atomic E-state index is 0.0504. The van der Waals surface area contributed by atoms with Gasteiger partial charge in [0.05, 0.1) is 5.69 Å². The third-order valence-electron chi connectivity index (χ3n) is 6.09. The monoisotopic (exact) mass is 428 g/mol. The first-order valence-electron chi connectivity index (χ1n) is 11.0. The fraction of sp³-hybridized carbons (Fsp3) is 0.565. The first-order chi connectivity index (χ1) is 14.6. The number of piperazine rings is 1. The maximum atomic E-state index is 12.5. The topological polar surface area (TPSA) is 48.9 Å². The second kappa shape index (κ2) is 9.79. The number of hydrogen-bond donors (Lipinski definition) is 0. The highest BCUT2D eigenvalue weighted by molar-refractivity contribution is 7.13. The van der Waals surface area contributed by atoms with E-state index in [2.05, 4.69) is 22.1 Å². The Kier molecular flexibility index (Phi) is 6.89. The number of likely N-dealkylation sites (tertiary alicyclic amines) is 1. The molecule has 2 saturated heterocycles. The molecular weight excluding hydrogens is 396 g/mol. The Labute approximate surface area is 183 Å². The lowest BCUT2D eigenvalue weighted by Gasteiger charge is -2.34. The Morgan fingerprint density at radius 3 is 2.50 bits per heavy atom. The summed E-state index contributed by atoms with van der Waals surface area (Å²) in [5, 5.41) is 3.28. The molecule has 1 aromatic carbocycles. The van der Waals surface area contributed by atoms with E-state index in [0.29, 0.717) is 0 Å². The first kappa shape index (κ1) is 21.1. The molecule has 1 aromatic heterocycles. The van der Waals surface area contributed by atoms with E-state index >= 15 is 0 Å². The quantitative estimate of drug-likeness (QED) is 0.706. The van der Waals surface area contributed by atoms with Gasteiger partial charge in [-0.3, -0.25) is 9.69 Å². The van der Waals surface area contributed by atoms with Crippen molar-refractivity contribution in [1.29, 1.82) is 0 Å². The van der Waals surface area contributed by atoms with Crippen LogP contribution in [-0.2, 0) is 11.3 Å². The average Bonchev–Trinajstić information content (AvgIpc) is 3.23. The Bertz CT molecular complexity index is 822. The molecule has 2 aliphatic rings. The molecule has 7 heteroatoms. The summed E-state index contributed by atoms with van der Waals surface area (Å²) in [6.07, 6.45) is 2.58. The number of benzene rings is 1. The van der Waals surface area contributed by atoms with E-state index in [-0.39, 0.29) is 12.5 Å². The number of hydrogen-bond acceptors (Lipinski definition) is 6. The third kappa shape index (κ3) is 5.52. The maximum absolute atomic E-state index is 12.5. The summed E-state index contributed by atoms with van der Waals surface area (Å²) in [5.74, 6) is 1.65. The Morgan fingerprint density at radius 1 is 1.10 bits per heavy atom. The van der Waals surface area contributed by atoms with Crippen molar-refractivity contribution in [1.82, 2.24) is 14.8 Å². The standard InChI is InChI=1S/C23H32N4O2S/c1-18-3-5-21(6-4-18)29-16-22(28)26-11-13-27(14-12-26)23-24-20(17-30-23)15-25-9-7-19(2)8-10-25/h3-6,17,19H,7-16H2,1-2H3. The van der Waals surface area contributed by atoms with Gasteiger partial charge in [-0.25, -0.2) is 4.98 Å². The van der Waals surface area contributed by atoms with Gasteiger partial charge in [-0.15, -0.1) is 11.3 Å². The molecule has 0 spiro atoms. The highest BCUT2D eigenvalue weighted by atomic mass is 32.1. The van der Waals surface area contributed by atoms with Crippen LogP contribution in [-0.4, -0.2) is 66.6 Å². The van der Waals surface area contributed by atoms with Gasteiger partial charge in [0.1, 0.15) is 5.75 Å². The van der Waals surface area contributed by atoms with Crippen LogP contribution in [0.15, 0.2) is 29.6 Å². The number of aryl methyl sites for hydroxylation is 1. The average molecular weight is 429 g/mol. The van der Waals surface area contributed by atoms with E-state index in [1.807, 2.05) is 36.1 Å². The normalized spacial score (nSPS) is 18.6. The molecule has 162 valence electrons. The summed E-state index contributed by atoms with van der Waals surface area (Å²) in [6, 6.07) is 7.80.